The van der Waals surface area contributed by atoms with Crippen LogP contribution in [0.15, 0.2) is 0 Å². The Morgan fingerprint density at radius 1 is 0.750 bits per heavy atom. The number of carbonyl (C=O) groups excluding carboxylic acids is 3. The minimum atomic E-state index is -1.63. The second kappa shape index (κ2) is 13.8. The van der Waals surface area contributed by atoms with Gasteiger partial charge < -0.3 is 47.8 Å². The third kappa shape index (κ3) is 9.05. The molecule has 0 aliphatic rings. The van der Waals surface area contributed by atoms with Crippen molar-refractivity contribution in [3.8, 4) is 0 Å². The van der Waals surface area contributed by atoms with E-state index in [0.29, 0.717) is 25.8 Å². The third-order valence-electron chi connectivity index (χ3n) is 3.73. The average Bonchev–Trinajstić information content (AvgIpc) is 2.67. The molecule has 3 amide bonds. The number of carboxylic acids is 1. The summed E-state index contributed by atoms with van der Waals surface area (Å²) in [5.74, 6) is -4.26. The molecule has 28 heavy (non-hydrogen) atoms. The molecule has 162 valence electrons. The molecule has 0 saturated heterocycles. The summed E-state index contributed by atoms with van der Waals surface area (Å²) in [4.78, 5) is 46.9. The molecule has 0 fully saturated rings. The maximum atomic E-state index is 12.2. The van der Waals surface area contributed by atoms with Crippen LogP contribution in [-0.4, -0.2) is 94.6 Å². The van der Waals surface area contributed by atoms with Crippen LogP contribution in [0.2, 0.25) is 0 Å². The summed E-state index contributed by atoms with van der Waals surface area (Å²) in [5.41, 5.74) is 11.0. The molecule has 13 nitrogen and oxygen atoms in total. The van der Waals surface area contributed by atoms with E-state index in [2.05, 4.69) is 10.6 Å². The lowest BCUT2D eigenvalue weighted by Crippen LogP contribution is -2.59. The molecule has 0 heterocycles. The summed E-state index contributed by atoms with van der Waals surface area (Å²) in [6, 6.07) is -5.56. The van der Waals surface area contributed by atoms with Crippen LogP contribution in [0.4, 0.5) is 0 Å². The van der Waals surface area contributed by atoms with Crippen molar-refractivity contribution >= 4 is 23.7 Å². The molecule has 0 bridgehead atoms. The number of nitrogens with one attached hydrogen (secondary N) is 3. The molecule has 0 aliphatic heterocycles. The zero-order valence-electron chi connectivity index (χ0n) is 15.3. The van der Waals surface area contributed by atoms with E-state index in [4.69, 9.17) is 21.7 Å². The van der Waals surface area contributed by atoms with Gasteiger partial charge in [-0.3, -0.25) is 14.4 Å². The lowest BCUT2D eigenvalue weighted by atomic mass is 10.1. The van der Waals surface area contributed by atoms with Gasteiger partial charge in [0.25, 0.3) is 0 Å². The summed E-state index contributed by atoms with van der Waals surface area (Å²) in [5, 5.41) is 42.5. The zero-order chi connectivity index (χ0) is 21.7. The van der Waals surface area contributed by atoms with E-state index in [0.717, 1.165) is 0 Å². The van der Waals surface area contributed by atoms with Crippen LogP contribution in [0, 0.1) is 0 Å². The fourth-order valence-electron chi connectivity index (χ4n) is 2.04. The van der Waals surface area contributed by atoms with Gasteiger partial charge in [0.05, 0.1) is 25.9 Å². The van der Waals surface area contributed by atoms with Gasteiger partial charge in [-0.25, -0.2) is 4.79 Å². The third-order valence-corrected chi connectivity index (χ3v) is 3.73. The molecular formula is C15H29N5O8. The van der Waals surface area contributed by atoms with Gasteiger partial charge in [0, 0.05) is 0 Å². The van der Waals surface area contributed by atoms with Crippen LogP contribution >= 0.6 is 0 Å². The summed E-state index contributed by atoms with van der Waals surface area (Å²) in [6.45, 7) is -2.15. The largest absolute Gasteiger partial charge is 0.480 e. The molecule has 0 saturated carbocycles. The van der Waals surface area contributed by atoms with Crippen molar-refractivity contribution in [2.75, 3.05) is 26.4 Å². The van der Waals surface area contributed by atoms with Gasteiger partial charge in [-0.1, -0.05) is 6.42 Å². The van der Waals surface area contributed by atoms with E-state index >= 15 is 0 Å². The topological polar surface area (TPSA) is 237 Å². The molecule has 13 heteroatoms. The second-order valence-electron chi connectivity index (χ2n) is 5.96. The lowest BCUT2D eigenvalue weighted by Gasteiger charge is -2.23. The fourth-order valence-corrected chi connectivity index (χ4v) is 2.04. The molecule has 0 aliphatic carbocycles. The fraction of sp³-hybridized carbons (Fsp3) is 0.733. The first kappa shape index (κ1) is 25.7. The van der Waals surface area contributed by atoms with Crippen molar-refractivity contribution in [3.05, 3.63) is 0 Å². The van der Waals surface area contributed by atoms with Crippen LogP contribution in [0.3, 0.4) is 0 Å². The first-order valence-corrected chi connectivity index (χ1v) is 8.63. The van der Waals surface area contributed by atoms with E-state index in [1.807, 2.05) is 5.32 Å². The number of nitrogens with two attached hydrogens (primary N) is 2. The molecule has 0 unspecified atom stereocenters. The van der Waals surface area contributed by atoms with Crippen LogP contribution in [0.25, 0.3) is 0 Å². The van der Waals surface area contributed by atoms with Crippen LogP contribution in [-0.2, 0) is 19.2 Å². The minimum Gasteiger partial charge on any atom is -0.480 e. The number of carbonyl (C=O) groups is 4. The van der Waals surface area contributed by atoms with Crippen LogP contribution < -0.4 is 27.4 Å². The minimum absolute atomic E-state index is 0.322. The Kier molecular flexibility index (Phi) is 12.6. The highest BCUT2D eigenvalue weighted by atomic mass is 16.4. The first-order chi connectivity index (χ1) is 13.2. The molecule has 0 aromatic carbocycles. The average molecular weight is 407 g/mol. The summed E-state index contributed by atoms with van der Waals surface area (Å²) in [7, 11) is 0. The van der Waals surface area contributed by atoms with Crippen molar-refractivity contribution < 1.29 is 39.6 Å². The summed E-state index contributed by atoms with van der Waals surface area (Å²) >= 11 is 0. The van der Waals surface area contributed by atoms with E-state index < -0.39 is 67.7 Å². The SMILES string of the molecule is NCCCC[C@H](N)C(=O)N[C@@H](CO)C(=O)N[C@@H](CO)C(=O)N[C@@H](CO)C(=O)O. The lowest BCUT2D eigenvalue weighted by molar-refractivity contribution is -0.143. The predicted octanol–water partition coefficient (Wildman–Crippen LogP) is -5.04. The second-order valence-corrected chi connectivity index (χ2v) is 5.96. The maximum Gasteiger partial charge on any atom is 0.328 e. The Morgan fingerprint density at radius 2 is 1.18 bits per heavy atom. The number of unbranched alkanes of at least 4 members (excludes halogenated alkanes) is 1. The van der Waals surface area contributed by atoms with Crippen molar-refractivity contribution in [1.29, 1.82) is 0 Å². The van der Waals surface area contributed by atoms with Crippen molar-refractivity contribution in [1.82, 2.24) is 16.0 Å². The smallest absolute Gasteiger partial charge is 0.328 e. The monoisotopic (exact) mass is 407 g/mol. The Hall–Kier alpha value is -2.32. The number of amides is 3. The van der Waals surface area contributed by atoms with Crippen molar-refractivity contribution in [3.63, 3.8) is 0 Å². The van der Waals surface area contributed by atoms with Gasteiger partial charge in [0.1, 0.15) is 18.1 Å². The number of aliphatic hydroxyl groups excluding tert-OH is 3. The zero-order valence-corrected chi connectivity index (χ0v) is 15.3. The van der Waals surface area contributed by atoms with Crippen LogP contribution in [0.5, 0.6) is 0 Å². The standard InChI is InChI=1S/C15H29N5O8/c16-4-2-1-3-8(17)12(24)18-9(5-21)13(25)19-10(6-22)14(26)20-11(7-23)15(27)28/h8-11,21-23H,1-7,16-17H2,(H,18,24)(H,19,25)(H,20,26)(H,27,28)/t8-,9-,10-,11-/m0/s1. The highest BCUT2D eigenvalue weighted by Gasteiger charge is 2.29. The number of carboxylic acid groups (broad SMARTS) is 1. The molecule has 0 spiro atoms. The first-order valence-electron chi connectivity index (χ1n) is 8.63. The molecule has 4 atom stereocenters. The van der Waals surface area contributed by atoms with Crippen molar-refractivity contribution in [2.45, 2.75) is 43.4 Å². The number of aliphatic carboxylic acids is 1. The van der Waals surface area contributed by atoms with Gasteiger partial charge in [-0.2, -0.15) is 0 Å². The molecular weight excluding hydrogens is 378 g/mol. The number of rotatable bonds is 14. The number of hydrogen-bond donors (Lipinski definition) is 9. The van der Waals surface area contributed by atoms with Gasteiger partial charge in [-0.05, 0) is 19.4 Å². The van der Waals surface area contributed by atoms with E-state index in [1.165, 1.54) is 0 Å². The Bertz CT molecular complexity index is 533. The highest BCUT2D eigenvalue weighted by molar-refractivity contribution is 5.94. The van der Waals surface area contributed by atoms with Gasteiger partial charge >= 0.3 is 5.97 Å². The van der Waals surface area contributed by atoms with Gasteiger partial charge in [-0.15, -0.1) is 0 Å². The molecule has 0 rings (SSSR count). The maximum absolute atomic E-state index is 12.2. The molecule has 0 aromatic rings. The Morgan fingerprint density at radius 3 is 1.57 bits per heavy atom. The molecule has 0 aromatic heterocycles. The quantitative estimate of drug-likeness (QED) is 0.124. The van der Waals surface area contributed by atoms with E-state index in [9.17, 15) is 29.4 Å². The molecule has 11 N–H and O–H groups in total. The van der Waals surface area contributed by atoms with Gasteiger partial charge in [0.2, 0.25) is 17.7 Å². The highest BCUT2D eigenvalue weighted by Crippen LogP contribution is 1.99. The van der Waals surface area contributed by atoms with Crippen molar-refractivity contribution in [2.24, 2.45) is 11.5 Å². The van der Waals surface area contributed by atoms with Gasteiger partial charge in [0.15, 0.2) is 0 Å². The normalized spacial score (nSPS) is 15.0. The number of hydrogen-bond acceptors (Lipinski definition) is 9. The van der Waals surface area contributed by atoms with E-state index in [1.54, 1.807) is 0 Å². The predicted molar refractivity (Wildman–Crippen MR) is 95.6 cm³/mol. The summed E-state index contributed by atoms with van der Waals surface area (Å²) in [6.07, 6.45) is 1.59. The Labute approximate surface area is 161 Å². The van der Waals surface area contributed by atoms with E-state index in [-0.39, 0.29) is 0 Å². The number of aliphatic hydroxyl groups is 3. The summed E-state index contributed by atoms with van der Waals surface area (Å²) < 4.78 is 0. The Balaban J connectivity index is 4.80. The molecule has 0 radical (unpaired) electrons. The van der Waals surface area contributed by atoms with Crippen LogP contribution in [0.1, 0.15) is 19.3 Å².